The van der Waals surface area contributed by atoms with E-state index in [0.29, 0.717) is 12.1 Å². The Kier molecular flexibility index (Phi) is 4.56. The molecule has 0 bridgehead atoms. The predicted octanol–water partition coefficient (Wildman–Crippen LogP) is 3.05. The fraction of sp³-hybridized carbons (Fsp3) is 0.188. The molecule has 0 spiro atoms. The minimum Gasteiger partial charge on any atom is -0.385 e. The van der Waals surface area contributed by atoms with Crippen LogP contribution in [0.25, 0.3) is 0 Å². The number of anilines is 1. The lowest BCUT2D eigenvalue weighted by atomic mass is 10.1. The van der Waals surface area contributed by atoms with Gasteiger partial charge in [-0.25, -0.2) is 0 Å². The van der Waals surface area contributed by atoms with Gasteiger partial charge in [0.2, 0.25) is 0 Å². The first kappa shape index (κ1) is 13.1. The van der Waals surface area contributed by atoms with Gasteiger partial charge in [-0.15, -0.1) is 0 Å². The van der Waals surface area contributed by atoms with E-state index in [2.05, 4.69) is 10.6 Å². The van der Waals surface area contributed by atoms with Gasteiger partial charge in [-0.3, -0.25) is 4.79 Å². The summed E-state index contributed by atoms with van der Waals surface area (Å²) < 4.78 is 0. The second kappa shape index (κ2) is 6.59. The van der Waals surface area contributed by atoms with E-state index >= 15 is 0 Å². The van der Waals surface area contributed by atoms with Crippen molar-refractivity contribution >= 4 is 11.6 Å². The van der Waals surface area contributed by atoms with Crippen molar-refractivity contribution in [2.75, 3.05) is 11.9 Å². The normalized spacial score (nSPS) is 9.95. The summed E-state index contributed by atoms with van der Waals surface area (Å²) >= 11 is 0. The van der Waals surface area contributed by atoms with Crippen molar-refractivity contribution in [2.24, 2.45) is 0 Å². The highest BCUT2D eigenvalue weighted by atomic mass is 16.1. The van der Waals surface area contributed by atoms with E-state index in [1.165, 1.54) is 0 Å². The van der Waals surface area contributed by atoms with Crippen LogP contribution in [-0.4, -0.2) is 12.5 Å². The Morgan fingerprint density at radius 2 is 1.68 bits per heavy atom. The fourth-order valence-electron chi connectivity index (χ4n) is 1.90. The molecule has 0 aliphatic carbocycles. The molecule has 0 aromatic heterocycles. The molecule has 1 amide bonds. The van der Waals surface area contributed by atoms with Crippen LogP contribution < -0.4 is 10.6 Å². The van der Waals surface area contributed by atoms with E-state index in [1.54, 1.807) is 0 Å². The fourth-order valence-corrected chi connectivity index (χ4v) is 1.90. The van der Waals surface area contributed by atoms with Gasteiger partial charge in [0.25, 0.3) is 5.91 Å². The minimum absolute atomic E-state index is 0.0552. The lowest BCUT2D eigenvalue weighted by Gasteiger charge is -2.11. The Balaban J connectivity index is 2.04. The third-order valence-electron chi connectivity index (χ3n) is 2.83. The average molecular weight is 254 g/mol. The molecule has 0 aliphatic rings. The van der Waals surface area contributed by atoms with Crippen molar-refractivity contribution < 1.29 is 4.79 Å². The highest BCUT2D eigenvalue weighted by Gasteiger charge is 2.09. The molecule has 19 heavy (non-hydrogen) atoms. The van der Waals surface area contributed by atoms with Crippen LogP contribution in [0.1, 0.15) is 22.8 Å². The number of carbonyl (C=O) groups excluding carboxylic acids is 1. The highest BCUT2D eigenvalue weighted by molar-refractivity contribution is 5.99. The third-order valence-corrected chi connectivity index (χ3v) is 2.83. The van der Waals surface area contributed by atoms with Crippen LogP contribution in [0.4, 0.5) is 5.69 Å². The van der Waals surface area contributed by atoms with Crippen LogP contribution in [-0.2, 0) is 6.54 Å². The van der Waals surface area contributed by atoms with E-state index in [9.17, 15) is 4.79 Å². The van der Waals surface area contributed by atoms with Gasteiger partial charge in [-0.1, -0.05) is 42.5 Å². The first-order valence-electron chi connectivity index (χ1n) is 6.46. The SMILES string of the molecule is CCNc1ccccc1C(=O)NCc1ccccc1. The molecule has 0 aliphatic heterocycles. The Morgan fingerprint density at radius 3 is 2.42 bits per heavy atom. The van der Waals surface area contributed by atoms with E-state index in [0.717, 1.165) is 17.8 Å². The van der Waals surface area contributed by atoms with Crippen molar-refractivity contribution in [1.29, 1.82) is 0 Å². The molecule has 0 fully saturated rings. The molecular formula is C16H18N2O. The molecule has 0 radical (unpaired) electrons. The van der Waals surface area contributed by atoms with Gasteiger partial charge in [-0.2, -0.15) is 0 Å². The van der Waals surface area contributed by atoms with Crippen molar-refractivity contribution in [3.63, 3.8) is 0 Å². The van der Waals surface area contributed by atoms with Gasteiger partial charge in [0.1, 0.15) is 0 Å². The molecule has 2 N–H and O–H groups in total. The number of hydrogen-bond acceptors (Lipinski definition) is 2. The lowest BCUT2D eigenvalue weighted by Crippen LogP contribution is -2.23. The zero-order valence-corrected chi connectivity index (χ0v) is 11.0. The molecule has 2 aromatic carbocycles. The summed E-state index contributed by atoms with van der Waals surface area (Å²) in [5, 5.41) is 6.13. The molecule has 2 aromatic rings. The van der Waals surface area contributed by atoms with Gasteiger partial charge in [-0.05, 0) is 24.6 Å². The Labute approximate surface area is 113 Å². The molecule has 0 unspecified atom stereocenters. The van der Waals surface area contributed by atoms with E-state index < -0.39 is 0 Å². The first-order valence-corrected chi connectivity index (χ1v) is 6.46. The molecule has 0 atom stereocenters. The van der Waals surface area contributed by atoms with E-state index in [1.807, 2.05) is 61.5 Å². The number of nitrogens with one attached hydrogen (secondary N) is 2. The quantitative estimate of drug-likeness (QED) is 0.861. The van der Waals surface area contributed by atoms with Crippen molar-refractivity contribution in [3.05, 3.63) is 65.7 Å². The van der Waals surface area contributed by atoms with Crippen LogP contribution in [0.5, 0.6) is 0 Å². The Bertz CT molecular complexity index is 537. The summed E-state index contributed by atoms with van der Waals surface area (Å²) in [6, 6.07) is 17.4. The van der Waals surface area contributed by atoms with Gasteiger partial charge < -0.3 is 10.6 Å². The Hall–Kier alpha value is -2.29. The number of hydrogen-bond donors (Lipinski definition) is 2. The summed E-state index contributed by atoms with van der Waals surface area (Å²) in [5.41, 5.74) is 2.65. The maximum absolute atomic E-state index is 12.2. The molecule has 0 saturated heterocycles. The van der Waals surface area contributed by atoms with Crippen LogP contribution in [0.3, 0.4) is 0 Å². The minimum atomic E-state index is -0.0552. The van der Waals surface area contributed by atoms with Crippen molar-refractivity contribution in [2.45, 2.75) is 13.5 Å². The van der Waals surface area contributed by atoms with Crippen LogP contribution >= 0.6 is 0 Å². The number of amides is 1. The lowest BCUT2D eigenvalue weighted by molar-refractivity contribution is 0.0951. The summed E-state index contributed by atoms with van der Waals surface area (Å²) in [6.45, 7) is 3.35. The van der Waals surface area contributed by atoms with Gasteiger partial charge in [0.15, 0.2) is 0 Å². The highest BCUT2D eigenvalue weighted by Crippen LogP contribution is 2.14. The summed E-state index contributed by atoms with van der Waals surface area (Å²) in [7, 11) is 0. The van der Waals surface area contributed by atoms with Crippen LogP contribution in [0.15, 0.2) is 54.6 Å². The average Bonchev–Trinajstić information content (AvgIpc) is 2.47. The van der Waals surface area contributed by atoms with Gasteiger partial charge in [0.05, 0.1) is 5.56 Å². The second-order valence-corrected chi connectivity index (χ2v) is 4.24. The zero-order chi connectivity index (χ0) is 13.5. The number of benzene rings is 2. The number of para-hydroxylation sites is 1. The van der Waals surface area contributed by atoms with E-state index in [4.69, 9.17) is 0 Å². The monoisotopic (exact) mass is 254 g/mol. The zero-order valence-electron chi connectivity index (χ0n) is 11.0. The van der Waals surface area contributed by atoms with Gasteiger partial charge in [0, 0.05) is 18.8 Å². The number of carbonyl (C=O) groups is 1. The van der Waals surface area contributed by atoms with Crippen molar-refractivity contribution in [3.8, 4) is 0 Å². The maximum Gasteiger partial charge on any atom is 0.253 e. The second-order valence-electron chi connectivity index (χ2n) is 4.24. The summed E-state index contributed by atoms with van der Waals surface area (Å²) in [4.78, 5) is 12.2. The summed E-state index contributed by atoms with van der Waals surface area (Å²) in [6.07, 6.45) is 0. The maximum atomic E-state index is 12.2. The van der Waals surface area contributed by atoms with Crippen LogP contribution in [0.2, 0.25) is 0 Å². The largest absolute Gasteiger partial charge is 0.385 e. The standard InChI is InChI=1S/C16H18N2O/c1-2-17-15-11-7-6-10-14(15)16(19)18-12-13-8-4-3-5-9-13/h3-11,17H,2,12H2,1H3,(H,18,19). The molecule has 98 valence electrons. The Morgan fingerprint density at radius 1 is 1.00 bits per heavy atom. The molecular weight excluding hydrogens is 236 g/mol. The smallest absolute Gasteiger partial charge is 0.253 e. The van der Waals surface area contributed by atoms with Crippen molar-refractivity contribution in [1.82, 2.24) is 5.32 Å². The topological polar surface area (TPSA) is 41.1 Å². The number of rotatable bonds is 5. The third kappa shape index (κ3) is 3.58. The molecule has 3 nitrogen and oxygen atoms in total. The van der Waals surface area contributed by atoms with E-state index in [-0.39, 0.29) is 5.91 Å². The molecule has 0 heterocycles. The predicted molar refractivity (Wildman–Crippen MR) is 78.2 cm³/mol. The molecule has 0 saturated carbocycles. The molecule has 2 rings (SSSR count). The summed E-state index contributed by atoms with van der Waals surface area (Å²) in [5.74, 6) is -0.0552. The molecule has 3 heteroatoms. The van der Waals surface area contributed by atoms with Gasteiger partial charge >= 0.3 is 0 Å². The first-order chi connectivity index (χ1) is 9.31. The van der Waals surface area contributed by atoms with Crippen LogP contribution in [0, 0.1) is 0 Å².